The maximum absolute atomic E-state index is 10.8. The van der Waals surface area contributed by atoms with E-state index in [0.717, 1.165) is 11.8 Å². The first-order valence-electron chi connectivity index (χ1n) is 4.78. The summed E-state index contributed by atoms with van der Waals surface area (Å²) in [5.41, 5.74) is 1.35. The number of hydrogen-bond donors (Lipinski definition) is 3. The summed E-state index contributed by atoms with van der Waals surface area (Å²) in [5.74, 6) is 0. The molecule has 0 unspecified atom stereocenters. The summed E-state index contributed by atoms with van der Waals surface area (Å²) in [4.78, 5) is 0. The Kier molecular flexibility index (Phi) is 4.49. The van der Waals surface area contributed by atoms with Gasteiger partial charge in [-0.3, -0.25) is 0 Å². The van der Waals surface area contributed by atoms with Crippen LogP contribution in [0.3, 0.4) is 0 Å². The first-order chi connectivity index (χ1) is 7.38. The Balaban J connectivity index is 2.50. The lowest BCUT2D eigenvalue weighted by molar-refractivity contribution is 0.426. The summed E-state index contributed by atoms with van der Waals surface area (Å²) < 4.78 is 24.0. The highest BCUT2D eigenvalue weighted by Crippen LogP contribution is 1.98. The fraction of sp³-hybridized carbons (Fsp3) is 0.333. The lowest BCUT2D eigenvalue weighted by Crippen LogP contribution is -2.29. The Morgan fingerprint density at radius 3 is 2.25 bits per heavy atom. The molecule has 0 fully saturated rings. The van der Waals surface area contributed by atoms with Gasteiger partial charge in [-0.25, -0.2) is 13.1 Å². The molecule has 0 radical (unpaired) electrons. The molecule has 1 aromatic carbocycles. The summed E-state index contributed by atoms with van der Waals surface area (Å²) in [7, 11) is -4.62. The minimum atomic E-state index is -3.15. The maximum Gasteiger partial charge on any atom is 0.488 e. The van der Waals surface area contributed by atoms with E-state index in [-0.39, 0.29) is 0 Å². The number of hydrogen-bond acceptors (Lipinski definition) is 4. The van der Waals surface area contributed by atoms with Crippen molar-refractivity contribution >= 4 is 22.6 Å². The van der Waals surface area contributed by atoms with Gasteiger partial charge in [-0.1, -0.05) is 24.3 Å². The lowest BCUT2D eigenvalue weighted by atomic mass is 9.80. The van der Waals surface area contributed by atoms with Crippen molar-refractivity contribution in [1.29, 1.82) is 0 Å². The number of sulfonamides is 1. The van der Waals surface area contributed by atoms with Crippen LogP contribution in [0.15, 0.2) is 24.3 Å². The van der Waals surface area contributed by atoms with Gasteiger partial charge in [0.2, 0.25) is 10.0 Å². The van der Waals surface area contributed by atoms with Crippen LogP contribution < -0.4 is 10.2 Å². The Bertz CT molecular complexity index is 429. The van der Waals surface area contributed by atoms with Gasteiger partial charge in [0.1, 0.15) is 0 Å². The van der Waals surface area contributed by atoms with Crippen molar-refractivity contribution in [3.8, 4) is 0 Å². The molecule has 0 spiro atoms. The van der Waals surface area contributed by atoms with Gasteiger partial charge in [-0.05, 0) is 17.4 Å². The molecule has 1 aromatic rings. The molecule has 0 aromatic heterocycles. The van der Waals surface area contributed by atoms with Crippen LogP contribution in [0.1, 0.15) is 5.56 Å². The zero-order chi connectivity index (χ0) is 12.2. The molecular formula is C9H14BNO4S. The molecule has 0 aliphatic carbocycles. The molecule has 0 bridgehead atoms. The summed E-state index contributed by atoms with van der Waals surface area (Å²) in [6.07, 6.45) is 1.67. The van der Waals surface area contributed by atoms with Gasteiger partial charge in [0.15, 0.2) is 0 Å². The number of rotatable bonds is 5. The van der Waals surface area contributed by atoms with Gasteiger partial charge in [-0.2, -0.15) is 0 Å². The monoisotopic (exact) mass is 243 g/mol. The lowest BCUT2D eigenvalue weighted by Gasteiger charge is -2.04. The van der Waals surface area contributed by atoms with Crippen molar-refractivity contribution in [2.24, 2.45) is 0 Å². The largest absolute Gasteiger partial charge is 0.488 e. The standard InChI is InChI=1S/C9H14BNO4S/c1-16(14,15)11-7-6-8-2-4-9(5-3-8)10(12)13/h2-5,11-13H,6-7H2,1H3. The second kappa shape index (κ2) is 5.45. The van der Waals surface area contributed by atoms with Crippen LogP contribution in [0, 0.1) is 0 Å². The minimum absolute atomic E-state index is 0.333. The third kappa shape index (κ3) is 4.76. The summed E-state index contributed by atoms with van der Waals surface area (Å²) >= 11 is 0. The zero-order valence-electron chi connectivity index (χ0n) is 8.92. The predicted octanol–water partition coefficient (Wildman–Crippen LogP) is -1.54. The van der Waals surface area contributed by atoms with Crippen LogP contribution in [-0.2, 0) is 16.4 Å². The molecule has 7 heteroatoms. The topological polar surface area (TPSA) is 86.6 Å². The van der Waals surface area contributed by atoms with Crippen LogP contribution in [0.4, 0.5) is 0 Å². The number of benzene rings is 1. The second-order valence-corrected chi connectivity index (χ2v) is 5.36. The Morgan fingerprint density at radius 2 is 1.81 bits per heavy atom. The van der Waals surface area contributed by atoms with Crippen molar-refractivity contribution in [2.75, 3.05) is 12.8 Å². The molecule has 0 heterocycles. The Hall–Kier alpha value is -0.885. The molecule has 0 aliphatic heterocycles. The molecule has 0 saturated heterocycles. The van der Waals surface area contributed by atoms with Crippen LogP contribution in [0.5, 0.6) is 0 Å². The van der Waals surface area contributed by atoms with Gasteiger partial charge < -0.3 is 10.0 Å². The third-order valence-electron chi connectivity index (χ3n) is 2.06. The molecule has 16 heavy (non-hydrogen) atoms. The highest BCUT2D eigenvalue weighted by atomic mass is 32.2. The fourth-order valence-corrected chi connectivity index (χ4v) is 1.71. The molecule has 5 nitrogen and oxygen atoms in total. The molecule has 3 N–H and O–H groups in total. The van der Waals surface area contributed by atoms with E-state index in [4.69, 9.17) is 10.0 Å². The van der Waals surface area contributed by atoms with E-state index in [1.54, 1.807) is 24.3 Å². The quantitative estimate of drug-likeness (QED) is 0.547. The van der Waals surface area contributed by atoms with Gasteiger partial charge in [0, 0.05) is 6.54 Å². The first kappa shape index (κ1) is 13.2. The molecule has 0 saturated carbocycles. The summed E-state index contributed by atoms with van der Waals surface area (Å²) in [5, 5.41) is 17.7. The van der Waals surface area contributed by atoms with Gasteiger partial charge in [-0.15, -0.1) is 0 Å². The molecule has 88 valence electrons. The van der Waals surface area contributed by atoms with Crippen molar-refractivity contribution in [1.82, 2.24) is 4.72 Å². The van der Waals surface area contributed by atoms with Crippen LogP contribution >= 0.6 is 0 Å². The highest BCUT2D eigenvalue weighted by Gasteiger charge is 2.09. The highest BCUT2D eigenvalue weighted by molar-refractivity contribution is 7.88. The SMILES string of the molecule is CS(=O)(=O)NCCc1ccc(B(O)O)cc1. The molecule has 0 amide bonds. The van der Waals surface area contributed by atoms with E-state index >= 15 is 0 Å². The summed E-state index contributed by atoms with van der Waals surface area (Å²) in [6.45, 7) is 0.333. The average Bonchev–Trinajstić information content (AvgIpc) is 2.16. The maximum atomic E-state index is 10.8. The van der Waals surface area contributed by atoms with Crippen LogP contribution in [0.25, 0.3) is 0 Å². The van der Waals surface area contributed by atoms with Crippen molar-refractivity contribution < 1.29 is 18.5 Å². The Morgan fingerprint density at radius 1 is 1.25 bits per heavy atom. The van der Waals surface area contributed by atoms with Gasteiger partial charge in [0.25, 0.3) is 0 Å². The van der Waals surface area contributed by atoms with E-state index < -0.39 is 17.1 Å². The van der Waals surface area contributed by atoms with Crippen LogP contribution in [-0.4, -0.2) is 38.4 Å². The van der Waals surface area contributed by atoms with Crippen molar-refractivity contribution in [3.63, 3.8) is 0 Å². The van der Waals surface area contributed by atoms with E-state index in [0.29, 0.717) is 18.4 Å². The normalized spacial score (nSPS) is 11.4. The zero-order valence-corrected chi connectivity index (χ0v) is 9.74. The minimum Gasteiger partial charge on any atom is -0.423 e. The molecule has 0 atom stereocenters. The third-order valence-corrected chi connectivity index (χ3v) is 2.78. The van der Waals surface area contributed by atoms with Gasteiger partial charge >= 0.3 is 7.12 Å². The first-order valence-corrected chi connectivity index (χ1v) is 6.67. The summed E-state index contributed by atoms with van der Waals surface area (Å²) in [6, 6.07) is 6.67. The van der Waals surface area contributed by atoms with E-state index in [1.165, 1.54) is 0 Å². The molecule has 1 rings (SSSR count). The fourth-order valence-electron chi connectivity index (χ4n) is 1.24. The smallest absolute Gasteiger partial charge is 0.423 e. The Labute approximate surface area is 95.3 Å². The van der Waals surface area contributed by atoms with Crippen LogP contribution in [0.2, 0.25) is 0 Å². The van der Waals surface area contributed by atoms with Crippen molar-refractivity contribution in [3.05, 3.63) is 29.8 Å². The van der Waals surface area contributed by atoms with Gasteiger partial charge in [0.05, 0.1) is 6.26 Å². The van der Waals surface area contributed by atoms with E-state index in [9.17, 15) is 8.42 Å². The second-order valence-electron chi connectivity index (χ2n) is 3.53. The predicted molar refractivity (Wildman–Crippen MR) is 62.8 cm³/mol. The van der Waals surface area contributed by atoms with E-state index in [2.05, 4.69) is 4.72 Å². The van der Waals surface area contributed by atoms with Crippen molar-refractivity contribution in [2.45, 2.75) is 6.42 Å². The average molecular weight is 243 g/mol. The molecular weight excluding hydrogens is 229 g/mol. The molecule has 0 aliphatic rings. The van der Waals surface area contributed by atoms with E-state index in [1.807, 2.05) is 0 Å². The number of nitrogens with one attached hydrogen (secondary N) is 1.